The number of nitrogens with zero attached hydrogens (tertiary/aromatic N) is 1. The van der Waals surface area contributed by atoms with Crippen molar-refractivity contribution in [2.24, 2.45) is 0 Å². The first kappa shape index (κ1) is 19.2. The molecule has 1 aromatic heterocycles. The fraction of sp³-hybridized carbons (Fsp3) is 0.182. The van der Waals surface area contributed by atoms with Gasteiger partial charge >= 0.3 is 0 Å². The summed E-state index contributed by atoms with van der Waals surface area (Å²) < 4.78 is 10.8. The Morgan fingerprint density at radius 2 is 1.86 bits per heavy atom. The van der Waals surface area contributed by atoms with E-state index in [-0.39, 0.29) is 5.91 Å². The van der Waals surface area contributed by atoms with E-state index in [4.69, 9.17) is 9.47 Å². The first-order chi connectivity index (χ1) is 13.7. The van der Waals surface area contributed by atoms with E-state index < -0.39 is 0 Å². The zero-order valence-electron chi connectivity index (χ0n) is 15.9. The van der Waals surface area contributed by atoms with Gasteiger partial charge in [0.15, 0.2) is 0 Å². The van der Waals surface area contributed by atoms with Crippen LogP contribution in [0.4, 0.5) is 11.4 Å². The van der Waals surface area contributed by atoms with E-state index in [1.54, 1.807) is 19.4 Å². The number of carbonyl (C=O) groups is 1. The third-order valence-electron chi connectivity index (χ3n) is 4.07. The Kier molecular flexibility index (Phi) is 6.46. The third-order valence-corrected chi connectivity index (χ3v) is 4.07. The lowest BCUT2D eigenvalue weighted by atomic mass is 10.2. The lowest BCUT2D eigenvalue weighted by Gasteiger charge is -2.13. The smallest absolute Gasteiger partial charge is 0.270 e. The van der Waals surface area contributed by atoms with Crippen molar-refractivity contribution in [2.45, 2.75) is 13.5 Å². The molecule has 3 aromatic rings. The van der Waals surface area contributed by atoms with Crippen molar-refractivity contribution in [3.05, 3.63) is 78.1 Å². The number of ether oxygens (including phenoxy) is 2. The average Bonchev–Trinajstić information content (AvgIpc) is 2.74. The molecule has 3 rings (SSSR count). The van der Waals surface area contributed by atoms with E-state index in [0.29, 0.717) is 18.8 Å². The van der Waals surface area contributed by atoms with E-state index in [0.717, 1.165) is 28.4 Å². The van der Waals surface area contributed by atoms with E-state index in [1.807, 2.05) is 61.5 Å². The van der Waals surface area contributed by atoms with Crippen LogP contribution in [0.2, 0.25) is 0 Å². The van der Waals surface area contributed by atoms with Gasteiger partial charge in [-0.05, 0) is 48.9 Å². The Hall–Kier alpha value is -3.54. The summed E-state index contributed by atoms with van der Waals surface area (Å²) >= 11 is 0. The number of anilines is 2. The van der Waals surface area contributed by atoms with Gasteiger partial charge in [0.2, 0.25) is 0 Å². The molecule has 6 heteroatoms. The number of aromatic nitrogens is 1. The van der Waals surface area contributed by atoms with Crippen LogP contribution in [0.3, 0.4) is 0 Å². The fourth-order valence-electron chi connectivity index (χ4n) is 2.66. The van der Waals surface area contributed by atoms with Crippen LogP contribution in [0.25, 0.3) is 0 Å². The molecular weight excluding hydrogens is 354 g/mol. The first-order valence-electron chi connectivity index (χ1n) is 9.05. The highest BCUT2D eigenvalue weighted by atomic mass is 16.5. The molecule has 6 nitrogen and oxygen atoms in total. The molecule has 0 radical (unpaired) electrons. The average molecular weight is 377 g/mol. The van der Waals surface area contributed by atoms with Crippen LogP contribution in [0.15, 0.2) is 66.9 Å². The minimum absolute atomic E-state index is 0.238. The molecular formula is C22H23N3O3. The molecule has 0 unspecified atom stereocenters. The first-order valence-corrected chi connectivity index (χ1v) is 9.05. The summed E-state index contributed by atoms with van der Waals surface area (Å²) in [6.45, 7) is 2.93. The molecule has 0 saturated carbocycles. The molecule has 0 aliphatic carbocycles. The van der Waals surface area contributed by atoms with Gasteiger partial charge in [-0.3, -0.25) is 9.78 Å². The van der Waals surface area contributed by atoms with Gasteiger partial charge in [-0.15, -0.1) is 0 Å². The maximum absolute atomic E-state index is 12.5. The SMILES string of the molecule is CCOc1ccccc1Nc1ccnc(C(=O)NCc2ccc(OC)cc2)c1. The number of carbonyl (C=O) groups excluding carboxylic acids is 1. The quantitative estimate of drug-likeness (QED) is 0.617. The summed E-state index contributed by atoms with van der Waals surface area (Å²) in [5.74, 6) is 1.30. The van der Waals surface area contributed by atoms with Gasteiger partial charge < -0.3 is 20.1 Å². The summed E-state index contributed by atoms with van der Waals surface area (Å²) in [7, 11) is 1.62. The van der Waals surface area contributed by atoms with Crippen molar-refractivity contribution >= 4 is 17.3 Å². The largest absolute Gasteiger partial charge is 0.497 e. The van der Waals surface area contributed by atoms with Crippen molar-refractivity contribution in [3.8, 4) is 11.5 Å². The predicted octanol–water partition coefficient (Wildman–Crippen LogP) is 4.16. The highest BCUT2D eigenvalue weighted by Gasteiger charge is 2.09. The van der Waals surface area contributed by atoms with E-state index in [9.17, 15) is 4.79 Å². The van der Waals surface area contributed by atoms with E-state index >= 15 is 0 Å². The summed E-state index contributed by atoms with van der Waals surface area (Å²) in [5.41, 5.74) is 2.92. The second kappa shape index (κ2) is 9.41. The molecule has 2 N–H and O–H groups in total. The molecule has 0 fully saturated rings. The van der Waals surface area contributed by atoms with Crippen LogP contribution in [-0.4, -0.2) is 24.6 Å². The number of amides is 1. The molecule has 28 heavy (non-hydrogen) atoms. The molecule has 1 heterocycles. The summed E-state index contributed by atoms with van der Waals surface area (Å²) in [6, 6.07) is 18.7. The highest BCUT2D eigenvalue weighted by Crippen LogP contribution is 2.27. The van der Waals surface area contributed by atoms with Gasteiger partial charge in [-0.1, -0.05) is 24.3 Å². The minimum atomic E-state index is -0.238. The van der Waals surface area contributed by atoms with Crippen LogP contribution in [-0.2, 0) is 6.54 Å². The van der Waals surface area contributed by atoms with Crippen LogP contribution < -0.4 is 20.1 Å². The van der Waals surface area contributed by atoms with Crippen molar-refractivity contribution in [2.75, 3.05) is 19.0 Å². The molecule has 1 amide bonds. The number of nitrogens with one attached hydrogen (secondary N) is 2. The second-order valence-corrected chi connectivity index (χ2v) is 6.01. The van der Waals surface area contributed by atoms with Gasteiger partial charge in [0.1, 0.15) is 17.2 Å². The number of para-hydroxylation sites is 2. The van der Waals surface area contributed by atoms with Crippen molar-refractivity contribution < 1.29 is 14.3 Å². The minimum Gasteiger partial charge on any atom is -0.497 e. The molecule has 0 spiro atoms. The van der Waals surface area contributed by atoms with Gasteiger partial charge in [0.25, 0.3) is 5.91 Å². The summed E-state index contributed by atoms with van der Waals surface area (Å²) in [4.78, 5) is 16.6. The molecule has 0 aliphatic heterocycles. The lowest BCUT2D eigenvalue weighted by Crippen LogP contribution is -2.23. The zero-order chi connectivity index (χ0) is 19.8. The fourth-order valence-corrected chi connectivity index (χ4v) is 2.66. The molecule has 0 atom stereocenters. The maximum Gasteiger partial charge on any atom is 0.270 e. The normalized spacial score (nSPS) is 10.2. The van der Waals surface area contributed by atoms with Gasteiger partial charge in [-0.2, -0.15) is 0 Å². The van der Waals surface area contributed by atoms with Crippen molar-refractivity contribution in [1.82, 2.24) is 10.3 Å². The predicted molar refractivity (Wildman–Crippen MR) is 109 cm³/mol. The van der Waals surface area contributed by atoms with Crippen molar-refractivity contribution in [1.29, 1.82) is 0 Å². The Morgan fingerprint density at radius 3 is 2.61 bits per heavy atom. The van der Waals surface area contributed by atoms with Crippen LogP contribution in [0.5, 0.6) is 11.5 Å². The Balaban J connectivity index is 1.66. The van der Waals surface area contributed by atoms with Gasteiger partial charge in [0, 0.05) is 18.4 Å². The summed E-state index contributed by atoms with van der Waals surface area (Å²) in [5, 5.41) is 6.16. The van der Waals surface area contributed by atoms with Crippen LogP contribution >= 0.6 is 0 Å². The van der Waals surface area contributed by atoms with Crippen LogP contribution in [0.1, 0.15) is 23.0 Å². The topological polar surface area (TPSA) is 72.5 Å². The van der Waals surface area contributed by atoms with Gasteiger partial charge in [-0.25, -0.2) is 0 Å². The summed E-state index contributed by atoms with van der Waals surface area (Å²) in [6.07, 6.45) is 1.61. The number of pyridine rings is 1. The number of methoxy groups -OCH3 is 1. The molecule has 2 aromatic carbocycles. The molecule has 0 aliphatic rings. The molecule has 144 valence electrons. The Labute approximate surface area is 164 Å². The maximum atomic E-state index is 12.5. The number of hydrogen-bond donors (Lipinski definition) is 2. The number of rotatable bonds is 8. The molecule has 0 saturated heterocycles. The standard InChI is InChI=1S/C22H23N3O3/c1-3-28-21-7-5-4-6-19(21)25-17-12-13-23-20(14-17)22(26)24-15-16-8-10-18(27-2)11-9-16/h4-14H,3,15H2,1-2H3,(H,23,25)(H,24,26). The highest BCUT2D eigenvalue weighted by molar-refractivity contribution is 5.93. The zero-order valence-corrected chi connectivity index (χ0v) is 15.9. The monoisotopic (exact) mass is 377 g/mol. The van der Waals surface area contributed by atoms with E-state index in [1.165, 1.54) is 0 Å². The number of hydrogen-bond acceptors (Lipinski definition) is 5. The van der Waals surface area contributed by atoms with E-state index in [2.05, 4.69) is 15.6 Å². The van der Waals surface area contributed by atoms with Crippen molar-refractivity contribution in [3.63, 3.8) is 0 Å². The Morgan fingerprint density at radius 1 is 1.07 bits per heavy atom. The van der Waals surface area contributed by atoms with Gasteiger partial charge in [0.05, 0.1) is 19.4 Å². The third kappa shape index (κ3) is 5.01. The second-order valence-electron chi connectivity index (χ2n) is 6.01. The Bertz CT molecular complexity index is 926. The molecule has 0 bridgehead atoms. The van der Waals surface area contributed by atoms with Crippen LogP contribution in [0, 0.1) is 0 Å². The lowest BCUT2D eigenvalue weighted by molar-refractivity contribution is 0.0946. The number of benzene rings is 2.